The summed E-state index contributed by atoms with van der Waals surface area (Å²) in [6, 6.07) is 10.1. The summed E-state index contributed by atoms with van der Waals surface area (Å²) in [5.41, 5.74) is 0.808. The third-order valence-corrected chi connectivity index (χ3v) is 2.80. The molecule has 0 saturated heterocycles. The van der Waals surface area contributed by atoms with Gasteiger partial charge in [0.05, 0.1) is 0 Å². The quantitative estimate of drug-likeness (QED) is 0.917. The first-order valence-corrected chi connectivity index (χ1v) is 5.89. The fourth-order valence-corrected chi connectivity index (χ4v) is 1.78. The predicted molar refractivity (Wildman–Crippen MR) is 68.0 cm³/mol. The monoisotopic (exact) mass is 264 g/mol. The number of aliphatic hydroxyl groups is 1. The number of hydrogen-bond donors (Lipinski definition) is 1. The highest BCUT2D eigenvalue weighted by Crippen LogP contribution is 2.22. The van der Waals surface area contributed by atoms with Crippen LogP contribution in [0.25, 0.3) is 0 Å². The summed E-state index contributed by atoms with van der Waals surface area (Å²) in [6.07, 6.45) is -1.06. The molecule has 100 valence electrons. The van der Waals surface area contributed by atoms with E-state index in [1.807, 2.05) is 0 Å². The van der Waals surface area contributed by atoms with Gasteiger partial charge in [0, 0.05) is 5.56 Å². The average Bonchev–Trinajstić information content (AvgIpc) is 2.38. The molecule has 0 aliphatic rings. The molecule has 1 N–H and O–H groups in total. The standard InChI is InChI=1S/C15H14F2O2/c1-10-8-11(16)6-7-15(10)19-9-14(18)12-4-2-3-5-13(12)17/h2-8,14,18H,9H2,1H3. The lowest BCUT2D eigenvalue weighted by molar-refractivity contribution is 0.104. The van der Waals surface area contributed by atoms with Crippen LogP contribution in [0.4, 0.5) is 8.78 Å². The second kappa shape index (κ2) is 5.80. The Balaban J connectivity index is 2.04. The van der Waals surface area contributed by atoms with Crippen molar-refractivity contribution in [3.05, 3.63) is 65.2 Å². The predicted octanol–water partition coefficient (Wildman–Crippen LogP) is 3.39. The average molecular weight is 264 g/mol. The van der Waals surface area contributed by atoms with Gasteiger partial charge < -0.3 is 9.84 Å². The van der Waals surface area contributed by atoms with Crippen molar-refractivity contribution in [2.75, 3.05) is 6.61 Å². The van der Waals surface area contributed by atoms with Gasteiger partial charge >= 0.3 is 0 Å². The minimum Gasteiger partial charge on any atom is -0.490 e. The Morgan fingerprint density at radius 1 is 1.16 bits per heavy atom. The molecule has 0 aliphatic heterocycles. The molecular formula is C15H14F2O2. The highest BCUT2D eigenvalue weighted by Gasteiger charge is 2.13. The fraction of sp³-hybridized carbons (Fsp3) is 0.200. The molecule has 2 aromatic carbocycles. The lowest BCUT2D eigenvalue weighted by Crippen LogP contribution is -2.11. The first-order chi connectivity index (χ1) is 9.08. The maximum absolute atomic E-state index is 13.4. The molecule has 0 radical (unpaired) electrons. The Morgan fingerprint density at radius 3 is 2.58 bits per heavy atom. The number of ether oxygens (including phenoxy) is 1. The molecule has 4 heteroatoms. The Hall–Kier alpha value is -1.94. The van der Waals surface area contributed by atoms with Crippen LogP contribution in [0.2, 0.25) is 0 Å². The van der Waals surface area contributed by atoms with E-state index in [2.05, 4.69) is 0 Å². The van der Waals surface area contributed by atoms with Gasteiger partial charge in [-0.1, -0.05) is 18.2 Å². The van der Waals surface area contributed by atoms with Gasteiger partial charge in [-0.2, -0.15) is 0 Å². The van der Waals surface area contributed by atoms with Crippen LogP contribution in [-0.2, 0) is 0 Å². The van der Waals surface area contributed by atoms with Crippen LogP contribution in [0.3, 0.4) is 0 Å². The Kier molecular flexibility index (Phi) is 4.12. The van der Waals surface area contributed by atoms with Crippen molar-refractivity contribution in [3.63, 3.8) is 0 Å². The number of halogens is 2. The van der Waals surface area contributed by atoms with Gasteiger partial charge in [-0.05, 0) is 36.8 Å². The fourth-order valence-electron chi connectivity index (χ4n) is 1.78. The zero-order valence-electron chi connectivity index (χ0n) is 10.4. The van der Waals surface area contributed by atoms with Crippen molar-refractivity contribution >= 4 is 0 Å². The number of hydrogen-bond acceptors (Lipinski definition) is 2. The topological polar surface area (TPSA) is 29.5 Å². The van der Waals surface area contributed by atoms with E-state index in [9.17, 15) is 13.9 Å². The summed E-state index contributed by atoms with van der Waals surface area (Å²) in [4.78, 5) is 0. The molecule has 19 heavy (non-hydrogen) atoms. The van der Waals surface area contributed by atoms with Crippen LogP contribution in [0.15, 0.2) is 42.5 Å². The molecule has 0 aromatic heterocycles. The van der Waals surface area contributed by atoms with E-state index in [-0.39, 0.29) is 18.0 Å². The smallest absolute Gasteiger partial charge is 0.129 e. The maximum Gasteiger partial charge on any atom is 0.129 e. The molecule has 0 fully saturated rings. The number of aryl methyl sites for hydroxylation is 1. The van der Waals surface area contributed by atoms with E-state index < -0.39 is 11.9 Å². The third kappa shape index (κ3) is 3.29. The molecule has 2 aromatic rings. The van der Waals surface area contributed by atoms with Crippen LogP contribution < -0.4 is 4.74 Å². The second-order valence-electron chi connectivity index (χ2n) is 4.26. The van der Waals surface area contributed by atoms with Crippen LogP contribution in [-0.4, -0.2) is 11.7 Å². The van der Waals surface area contributed by atoms with Gasteiger partial charge in [-0.25, -0.2) is 8.78 Å². The van der Waals surface area contributed by atoms with Gasteiger partial charge in [-0.3, -0.25) is 0 Å². The van der Waals surface area contributed by atoms with E-state index in [1.165, 1.54) is 30.3 Å². The molecule has 0 bridgehead atoms. The second-order valence-corrected chi connectivity index (χ2v) is 4.26. The number of aliphatic hydroxyl groups excluding tert-OH is 1. The first-order valence-electron chi connectivity index (χ1n) is 5.89. The van der Waals surface area contributed by atoms with E-state index in [1.54, 1.807) is 19.1 Å². The third-order valence-electron chi connectivity index (χ3n) is 2.80. The van der Waals surface area contributed by atoms with Gasteiger partial charge in [0.15, 0.2) is 0 Å². The van der Waals surface area contributed by atoms with Crippen molar-refractivity contribution in [2.24, 2.45) is 0 Å². The minimum absolute atomic E-state index is 0.0899. The summed E-state index contributed by atoms with van der Waals surface area (Å²) < 4.78 is 31.7. The molecular weight excluding hydrogens is 250 g/mol. The number of rotatable bonds is 4. The van der Waals surface area contributed by atoms with Gasteiger partial charge in [-0.15, -0.1) is 0 Å². The first kappa shape index (κ1) is 13.5. The molecule has 1 atom stereocenters. The van der Waals surface area contributed by atoms with Gasteiger partial charge in [0.1, 0.15) is 30.1 Å². The van der Waals surface area contributed by atoms with E-state index in [0.717, 1.165) is 0 Å². The van der Waals surface area contributed by atoms with Crippen molar-refractivity contribution in [1.82, 2.24) is 0 Å². The molecule has 0 saturated carbocycles. The molecule has 0 spiro atoms. The summed E-state index contributed by atoms with van der Waals surface area (Å²) >= 11 is 0. The molecule has 0 aliphatic carbocycles. The molecule has 2 nitrogen and oxygen atoms in total. The zero-order valence-corrected chi connectivity index (χ0v) is 10.4. The van der Waals surface area contributed by atoms with Crippen molar-refractivity contribution in [2.45, 2.75) is 13.0 Å². The van der Waals surface area contributed by atoms with Crippen molar-refractivity contribution in [1.29, 1.82) is 0 Å². The minimum atomic E-state index is -1.06. The Bertz CT molecular complexity index is 570. The Morgan fingerprint density at radius 2 is 1.89 bits per heavy atom. The molecule has 0 amide bonds. The van der Waals surface area contributed by atoms with Gasteiger partial charge in [0.2, 0.25) is 0 Å². The van der Waals surface area contributed by atoms with E-state index in [0.29, 0.717) is 11.3 Å². The van der Waals surface area contributed by atoms with Crippen molar-refractivity contribution in [3.8, 4) is 5.75 Å². The summed E-state index contributed by atoms with van der Waals surface area (Å²) in [5, 5.41) is 9.87. The molecule has 1 unspecified atom stereocenters. The van der Waals surface area contributed by atoms with Crippen LogP contribution in [0.5, 0.6) is 5.75 Å². The summed E-state index contributed by atoms with van der Waals surface area (Å²) in [6.45, 7) is 1.61. The summed E-state index contributed by atoms with van der Waals surface area (Å²) in [5.74, 6) is -0.356. The highest BCUT2D eigenvalue weighted by molar-refractivity contribution is 5.32. The lowest BCUT2D eigenvalue weighted by atomic mass is 10.1. The lowest BCUT2D eigenvalue weighted by Gasteiger charge is -2.14. The molecule has 0 heterocycles. The van der Waals surface area contributed by atoms with Crippen LogP contribution in [0, 0.1) is 18.6 Å². The van der Waals surface area contributed by atoms with Gasteiger partial charge in [0.25, 0.3) is 0 Å². The maximum atomic E-state index is 13.4. The van der Waals surface area contributed by atoms with Crippen LogP contribution in [0.1, 0.15) is 17.2 Å². The van der Waals surface area contributed by atoms with E-state index >= 15 is 0 Å². The normalized spacial score (nSPS) is 12.2. The largest absolute Gasteiger partial charge is 0.490 e. The Labute approximate surface area is 110 Å². The number of benzene rings is 2. The molecule has 2 rings (SSSR count). The SMILES string of the molecule is Cc1cc(F)ccc1OCC(O)c1ccccc1F. The zero-order chi connectivity index (χ0) is 13.8. The van der Waals surface area contributed by atoms with Crippen molar-refractivity contribution < 1.29 is 18.6 Å². The van der Waals surface area contributed by atoms with E-state index in [4.69, 9.17) is 4.74 Å². The van der Waals surface area contributed by atoms with Crippen LogP contribution >= 0.6 is 0 Å². The summed E-state index contributed by atoms with van der Waals surface area (Å²) in [7, 11) is 0. The highest BCUT2D eigenvalue weighted by atomic mass is 19.1.